The Morgan fingerprint density at radius 1 is 1.43 bits per heavy atom. The zero-order valence-corrected chi connectivity index (χ0v) is 11.4. The Labute approximate surface area is 120 Å². The predicted octanol–water partition coefficient (Wildman–Crippen LogP) is 3.21. The highest BCUT2D eigenvalue weighted by molar-refractivity contribution is 5.55. The lowest BCUT2D eigenvalue weighted by Gasteiger charge is -2.12. The van der Waals surface area contributed by atoms with E-state index in [1.807, 2.05) is 0 Å². The molecule has 0 unspecified atom stereocenters. The van der Waals surface area contributed by atoms with Gasteiger partial charge in [-0.3, -0.25) is 0 Å². The van der Waals surface area contributed by atoms with Crippen molar-refractivity contribution in [3.63, 3.8) is 0 Å². The average Bonchev–Trinajstić information content (AvgIpc) is 2.93. The van der Waals surface area contributed by atoms with Gasteiger partial charge in [-0.2, -0.15) is 13.9 Å². The molecule has 0 amide bonds. The fourth-order valence-corrected chi connectivity index (χ4v) is 1.75. The van der Waals surface area contributed by atoms with Crippen LogP contribution in [0.1, 0.15) is 5.56 Å². The minimum atomic E-state index is -2.90. The second-order valence-corrected chi connectivity index (χ2v) is 4.11. The molecule has 1 heterocycles. The first-order chi connectivity index (χ1) is 10.1. The quantitative estimate of drug-likeness (QED) is 0.852. The Morgan fingerprint density at radius 2 is 2.24 bits per heavy atom. The maximum absolute atomic E-state index is 12.3. The van der Waals surface area contributed by atoms with Crippen molar-refractivity contribution >= 4 is 11.9 Å². The van der Waals surface area contributed by atoms with E-state index in [-0.39, 0.29) is 11.5 Å². The molecule has 0 aliphatic heterocycles. The maximum Gasteiger partial charge on any atom is 0.387 e. The van der Waals surface area contributed by atoms with E-state index in [1.54, 1.807) is 35.4 Å². The van der Waals surface area contributed by atoms with Crippen LogP contribution in [-0.2, 0) is 6.54 Å². The fraction of sp³-hybridized carbons (Fsp3) is 0.214. The molecular weight excluding hydrogens is 280 g/mol. The molecule has 0 aliphatic rings. The van der Waals surface area contributed by atoms with Gasteiger partial charge in [0, 0.05) is 36.3 Å². The molecule has 0 fully saturated rings. The van der Waals surface area contributed by atoms with Gasteiger partial charge in [0.05, 0.1) is 13.3 Å². The number of ether oxygens (including phenoxy) is 2. The zero-order valence-electron chi connectivity index (χ0n) is 11.4. The van der Waals surface area contributed by atoms with Crippen molar-refractivity contribution in [3.05, 3.63) is 42.7 Å². The molecule has 0 saturated carbocycles. The van der Waals surface area contributed by atoms with Gasteiger partial charge in [-0.1, -0.05) is 6.58 Å². The van der Waals surface area contributed by atoms with Gasteiger partial charge in [-0.05, 0) is 12.1 Å². The SMILES string of the molecule is C=Cn1cc(CNc2ccc(OC)c(OC(F)F)c2)cn1. The topological polar surface area (TPSA) is 48.3 Å². The minimum absolute atomic E-state index is 0.0145. The number of hydrogen-bond donors (Lipinski definition) is 1. The molecule has 7 heteroatoms. The summed E-state index contributed by atoms with van der Waals surface area (Å²) in [5.41, 5.74) is 1.57. The molecule has 112 valence electrons. The molecule has 0 saturated heterocycles. The van der Waals surface area contributed by atoms with Gasteiger partial charge >= 0.3 is 6.61 Å². The number of rotatable bonds is 7. The molecular formula is C14H15F2N3O2. The Morgan fingerprint density at radius 3 is 2.86 bits per heavy atom. The third-order valence-corrected chi connectivity index (χ3v) is 2.72. The summed E-state index contributed by atoms with van der Waals surface area (Å²) in [6.45, 7) is 1.19. The van der Waals surface area contributed by atoms with E-state index < -0.39 is 6.61 Å². The summed E-state index contributed by atoms with van der Waals surface area (Å²) in [4.78, 5) is 0. The highest BCUT2D eigenvalue weighted by atomic mass is 19.3. The summed E-state index contributed by atoms with van der Waals surface area (Å²) in [6.07, 6.45) is 5.07. The number of methoxy groups -OCH3 is 1. The largest absolute Gasteiger partial charge is 0.493 e. The molecule has 2 aromatic rings. The molecule has 1 N–H and O–H groups in total. The van der Waals surface area contributed by atoms with Crippen LogP contribution in [-0.4, -0.2) is 23.5 Å². The highest BCUT2D eigenvalue weighted by Gasteiger charge is 2.11. The van der Waals surface area contributed by atoms with E-state index in [4.69, 9.17) is 4.74 Å². The second kappa shape index (κ2) is 6.74. The van der Waals surface area contributed by atoms with E-state index in [9.17, 15) is 8.78 Å². The Bertz CT molecular complexity index is 614. The molecule has 0 radical (unpaired) electrons. The Balaban J connectivity index is 2.07. The van der Waals surface area contributed by atoms with Crippen molar-refractivity contribution in [2.24, 2.45) is 0 Å². The summed E-state index contributed by atoms with van der Waals surface area (Å²) < 4.78 is 35.7. The Kier molecular flexibility index (Phi) is 4.76. The third-order valence-electron chi connectivity index (χ3n) is 2.72. The lowest BCUT2D eigenvalue weighted by atomic mass is 10.2. The lowest BCUT2D eigenvalue weighted by Crippen LogP contribution is -2.05. The van der Waals surface area contributed by atoms with Crippen LogP contribution in [0.15, 0.2) is 37.2 Å². The van der Waals surface area contributed by atoms with Gasteiger partial charge in [0.25, 0.3) is 0 Å². The first-order valence-electron chi connectivity index (χ1n) is 6.14. The van der Waals surface area contributed by atoms with Crippen LogP contribution in [0.5, 0.6) is 11.5 Å². The van der Waals surface area contributed by atoms with Crippen LogP contribution in [0.25, 0.3) is 6.20 Å². The third kappa shape index (κ3) is 3.95. The van der Waals surface area contributed by atoms with E-state index in [0.29, 0.717) is 12.2 Å². The van der Waals surface area contributed by atoms with Gasteiger partial charge in [0.2, 0.25) is 0 Å². The van der Waals surface area contributed by atoms with Crippen molar-refractivity contribution in [2.45, 2.75) is 13.2 Å². The predicted molar refractivity (Wildman–Crippen MR) is 75.6 cm³/mol. The molecule has 0 bridgehead atoms. The number of nitrogens with one attached hydrogen (secondary N) is 1. The lowest BCUT2D eigenvalue weighted by molar-refractivity contribution is -0.0511. The fourth-order valence-electron chi connectivity index (χ4n) is 1.75. The number of hydrogen-bond acceptors (Lipinski definition) is 4. The Hall–Kier alpha value is -2.57. The van der Waals surface area contributed by atoms with Crippen LogP contribution in [0, 0.1) is 0 Å². The van der Waals surface area contributed by atoms with Crippen LogP contribution in [0.2, 0.25) is 0 Å². The van der Waals surface area contributed by atoms with Gasteiger partial charge < -0.3 is 14.8 Å². The smallest absolute Gasteiger partial charge is 0.387 e. The number of nitrogens with zero attached hydrogens (tertiary/aromatic N) is 2. The minimum Gasteiger partial charge on any atom is -0.493 e. The van der Waals surface area contributed by atoms with Crippen molar-refractivity contribution in [1.29, 1.82) is 0 Å². The van der Waals surface area contributed by atoms with Crippen molar-refractivity contribution in [1.82, 2.24) is 9.78 Å². The number of benzene rings is 1. The molecule has 2 rings (SSSR count). The second-order valence-electron chi connectivity index (χ2n) is 4.11. The number of anilines is 1. The summed E-state index contributed by atoms with van der Waals surface area (Å²) in [7, 11) is 1.39. The van der Waals surface area contributed by atoms with E-state index in [2.05, 4.69) is 21.7 Å². The molecule has 1 aromatic carbocycles. The maximum atomic E-state index is 12.3. The van der Waals surface area contributed by atoms with E-state index in [0.717, 1.165) is 5.56 Å². The van der Waals surface area contributed by atoms with Crippen LogP contribution in [0.3, 0.4) is 0 Å². The van der Waals surface area contributed by atoms with E-state index in [1.165, 1.54) is 13.2 Å². The summed E-state index contributed by atoms with van der Waals surface area (Å²) in [5, 5.41) is 7.14. The molecule has 0 aliphatic carbocycles. The van der Waals surface area contributed by atoms with Gasteiger partial charge in [-0.25, -0.2) is 4.68 Å². The monoisotopic (exact) mass is 295 g/mol. The highest BCUT2D eigenvalue weighted by Crippen LogP contribution is 2.31. The number of alkyl halides is 2. The molecule has 21 heavy (non-hydrogen) atoms. The summed E-state index contributed by atoms with van der Waals surface area (Å²) in [6, 6.07) is 4.74. The average molecular weight is 295 g/mol. The van der Waals surface area contributed by atoms with Crippen molar-refractivity contribution < 1.29 is 18.3 Å². The first kappa shape index (κ1) is 14.8. The molecule has 1 aromatic heterocycles. The van der Waals surface area contributed by atoms with Crippen molar-refractivity contribution in [3.8, 4) is 11.5 Å². The van der Waals surface area contributed by atoms with Crippen LogP contribution in [0.4, 0.5) is 14.5 Å². The number of halogens is 2. The van der Waals surface area contributed by atoms with Crippen LogP contribution < -0.4 is 14.8 Å². The molecule has 0 spiro atoms. The first-order valence-corrected chi connectivity index (χ1v) is 6.14. The summed E-state index contributed by atoms with van der Waals surface area (Å²) >= 11 is 0. The number of aromatic nitrogens is 2. The molecule has 5 nitrogen and oxygen atoms in total. The molecule has 0 atom stereocenters. The zero-order chi connectivity index (χ0) is 15.2. The van der Waals surface area contributed by atoms with Gasteiger partial charge in [-0.15, -0.1) is 0 Å². The van der Waals surface area contributed by atoms with Gasteiger partial charge in [0.15, 0.2) is 11.5 Å². The van der Waals surface area contributed by atoms with Crippen molar-refractivity contribution in [2.75, 3.05) is 12.4 Å². The van der Waals surface area contributed by atoms with Gasteiger partial charge in [0.1, 0.15) is 0 Å². The normalized spacial score (nSPS) is 10.5. The van der Waals surface area contributed by atoms with E-state index >= 15 is 0 Å². The van der Waals surface area contributed by atoms with Crippen LogP contribution >= 0.6 is 0 Å². The summed E-state index contributed by atoms with van der Waals surface area (Å²) in [5.74, 6) is 0.236. The standard InChI is InChI=1S/C14H15F2N3O2/c1-3-19-9-10(8-18-19)7-17-11-4-5-12(20-2)13(6-11)21-14(15)16/h3-6,8-9,14,17H,1,7H2,2H3.